The summed E-state index contributed by atoms with van der Waals surface area (Å²) in [4.78, 5) is 19.5. The Kier molecular flexibility index (Phi) is 9.44. The molecule has 4 nitrogen and oxygen atoms in total. The summed E-state index contributed by atoms with van der Waals surface area (Å²) in [6.07, 6.45) is 15.7. The molecule has 0 N–H and O–H groups in total. The summed E-state index contributed by atoms with van der Waals surface area (Å²) >= 11 is 0. The largest absolute Gasteiger partial charge is 0.276 e. The zero-order valence-electron chi connectivity index (χ0n) is 29.1. The predicted octanol–water partition coefficient (Wildman–Crippen LogP) is 10.4. The minimum atomic E-state index is -0.171. The van der Waals surface area contributed by atoms with Gasteiger partial charge in [-0.05, 0) is 72.4 Å². The number of amidine groups is 2. The van der Waals surface area contributed by atoms with E-state index in [0.717, 1.165) is 35.2 Å². The molecule has 0 spiro atoms. The molecular weight excluding hydrogens is 609 g/mol. The third kappa shape index (κ3) is 6.88. The van der Waals surface area contributed by atoms with Gasteiger partial charge in [0.2, 0.25) is 0 Å². The van der Waals surface area contributed by atoms with Crippen molar-refractivity contribution in [1.29, 1.82) is 0 Å². The van der Waals surface area contributed by atoms with Gasteiger partial charge >= 0.3 is 0 Å². The average Bonchev–Trinajstić information content (AvgIpc) is 3.16. The number of nitrogens with zero attached hydrogens (tertiary/aromatic N) is 4. The lowest BCUT2D eigenvalue weighted by molar-refractivity contribution is 0.598. The molecule has 0 fully saturated rings. The lowest BCUT2D eigenvalue weighted by Gasteiger charge is -2.31. The van der Waals surface area contributed by atoms with E-state index in [2.05, 4.69) is 130 Å². The molecular formula is C46H42N4. The summed E-state index contributed by atoms with van der Waals surface area (Å²) in [6.45, 7) is 11.1. The van der Waals surface area contributed by atoms with Crippen LogP contribution in [0.1, 0.15) is 60.1 Å². The number of hydrogen-bond donors (Lipinski definition) is 0. The summed E-state index contributed by atoms with van der Waals surface area (Å²) in [5, 5.41) is 0. The molecule has 8 rings (SSSR count). The Morgan fingerprint density at radius 2 is 1.48 bits per heavy atom. The van der Waals surface area contributed by atoms with Crippen molar-refractivity contribution in [2.45, 2.75) is 51.6 Å². The van der Waals surface area contributed by atoms with Crippen LogP contribution in [-0.2, 0) is 12.0 Å². The van der Waals surface area contributed by atoms with E-state index >= 15 is 0 Å². The van der Waals surface area contributed by atoms with Crippen LogP contribution in [0.5, 0.6) is 0 Å². The number of benzene rings is 4. The zero-order chi connectivity index (χ0) is 34.5. The van der Waals surface area contributed by atoms with Gasteiger partial charge in [-0.2, -0.15) is 0 Å². The molecule has 2 aliphatic heterocycles. The quantitative estimate of drug-likeness (QED) is 0.141. The molecule has 2 unspecified atom stereocenters. The molecule has 2 bridgehead atoms. The van der Waals surface area contributed by atoms with Crippen LogP contribution in [0.3, 0.4) is 0 Å². The summed E-state index contributed by atoms with van der Waals surface area (Å²) in [6, 6.07) is 37.7. The molecule has 0 radical (unpaired) electrons. The third-order valence-electron chi connectivity index (χ3n) is 9.93. The van der Waals surface area contributed by atoms with Gasteiger partial charge < -0.3 is 0 Å². The van der Waals surface area contributed by atoms with Crippen molar-refractivity contribution in [3.63, 3.8) is 0 Å². The first-order chi connectivity index (χ1) is 24.4. The van der Waals surface area contributed by atoms with Gasteiger partial charge in [0.25, 0.3) is 0 Å². The molecule has 4 aromatic rings. The molecule has 2 atom stereocenters. The van der Waals surface area contributed by atoms with Crippen molar-refractivity contribution in [1.82, 2.24) is 0 Å². The topological polar surface area (TPSA) is 49.4 Å². The van der Waals surface area contributed by atoms with E-state index in [0.29, 0.717) is 18.2 Å². The number of aryl methyl sites for hydroxylation is 1. The Bertz CT molecular complexity index is 2160. The maximum atomic E-state index is 5.38. The highest BCUT2D eigenvalue weighted by atomic mass is 15.0. The third-order valence-corrected chi connectivity index (χ3v) is 9.93. The average molecular weight is 651 g/mol. The molecule has 2 aliphatic carbocycles. The van der Waals surface area contributed by atoms with E-state index in [9.17, 15) is 0 Å². The van der Waals surface area contributed by atoms with Crippen LogP contribution in [0.15, 0.2) is 182 Å². The van der Waals surface area contributed by atoms with Gasteiger partial charge in [-0.1, -0.05) is 153 Å². The van der Waals surface area contributed by atoms with E-state index in [1.165, 1.54) is 39.0 Å². The van der Waals surface area contributed by atoms with E-state index < -0.39 is 0 Å². The van der Waals surface area contributed by atoms with Crippen LogP contribution in [-0.4, -0.2) is 30.1 Å². The summed E-state index contributed by atoms with van der Waals surface area (Å²) < 4.78 is 0. The van der Waals surface area contributed by atoms with Crippen LogP contribution in [0.4, 0.5) is 0 Å². The van der Waals surface area contributed by atoms with Crippen molar-refractivity contribution in [2.24, 2.45) is 20.0 Å². The highest BCUT2D eigenvalue weighted by Crippen LogP contribution is 2.39. The SMILES string of the molecule is C=NC(=NC(=NCc1ccccc1)c1ccc(C2(C)C=CC(C3=NC4C=CC(=CC4)C(C)=C3c3ccccc3C)=CC2)cc1)c1ccccc1. The second kappa shape index (κ2) is 14.4. The standard InChI is InChI=1S/C46H42N4/c1-32-13-11-12-18-41(32)42-33(2)35-21-25-40(26-22-35)49-43(42)36-27-29-46(3,30-28-36)39-23-19-38(20-24-39)45(48-31-34-14-7-5-8-15-34)50-44(47-4)37-16-9-6-10-17-37/h5-25,27-29,40H,4,26,30-31H2,1-3H3. The van der Waals surface area contributed by atoms with E-state index in [-0.39, 0.29) is 11.5 Å². The number of hydrogen-bond acceptors (Lipinski definition) is 2. The van der Waals surface area contributed by atoms with Gasteiger partial charge in [0.1, 0.15) is 0 Å². The van der Waals surface area contributed by atoms with Crippen LogP contribution in [0.2, 0.25) is 0 Å². The molecule has 246 valence electrons. The molecule has 2 heterocycles. The monoisotopic (exact) mass is 650 g/mol. The van der Waals surface area contributed by atoms with Gasteiger partial charge in [0.15, 0.2) is 11.7 Å². The molecule has 4 heteroatoms. The Balaban J connectivity index is 1.19. The van der Waals surface area contributed by atoms with Crippen molar-refractivity contribution < 1.29 is 0 Å². The second-order valence-corrected chi connectivity index (χ2v) is 13.4. The minimum Gasteiger partial charge on any atom is -0.276 e. The Labute approximate surface area is 296 Å². The van der Waals surface area contributed by atoms with Crippen molar-refractivity contribution >= 4 is 29.7 Å². The normalized spacial score (nSPS) is 20.5. The number of allylic oxidation sites excluding steroid dienone is 8. The van der Waals surface area contributed by atoms with Gasteiger partial charge in [0.05, 0.1) is 18.3 Å². The Morgan fingerprint density at radius 3 is 2.14 bits per heavy atom. The number of aliphatic imine (C=N–C) groups is 4. The first-order valence-corrected chi connectivity index (χ1v) is 17.4. The number of fused-ring (bicyclic) bond motifs is 2. The molecule has 4 aliphatic rings. The molecule has 0 saturated carbocycles. The van der Waals surface area contributed by atoms with Crippen molar-refractivity contribution in [2.75, 3.05) is 0 Å². The van der Waals surface area contributed by atoms with E-state index in [1.54, 1.807) is 0 Å². The summed E-state index contributed by atoms with van der Waals surface area (Å²) in [5.41, 5.74) is 12.6. The zero-order valence-corrected chi connectivity index (χ0v) is 29.1. The van der Waals surface area contributed by atoms with Crippen LogP contribution in [0.25, 0.3) is 5.57 Å². The second-order valence-electron chi connectivity index (χ2n) is 13.4. The first-order valence-electron chi connectivity index (χ1n) is 17.4. The highest BCUT2D eigenvalue weighted by Gasteiger charge is 2.29. The van der Waals surface area contributed by atoms with E-state index in [1.807, 2.05) is 48.5 Å². The summed E-state index contributed by atoms with van der Waals surface area (Å²) in [5.74, 6) is 1.18. The van der Waals surface area contributed by atoms with Crippen LogP contribution < -0.4 is 0 Å². The fourth-order valence-corrected chi connectivity index (χ4v) is 6.88. The Morgan fingerprint density at radius 1 is 0.780 bits per heavy atom. The maximum Gasteiger partial charge on any atom is 0.161 e. The van der Waals surface area contributed by atoms with Gasteiger partial charge in [0, 0.05) is 22.1 Å². The predicted molar refractivity (Wildman–Crippen MR) is 212 cm³/mol. The number of rotatable bonds is 7. The van der Waals surface area contributed by atoms with Gasteiger partial charge in [-0.25, -0.2) is 9.98 Å². The Hall–Kier alpha value is -5.74. The van der Waals surface area contributed by atoms with Crippen molar-refractivity contribution in [3.05, 3.63) is 196 Å². The minimum absolute atomic E-state index is 0.148. The first kappa shape index (κ1) is 32.8. The molecule has 50 heavy (non-hydrogen) atoms. The molecule has 0 saturated heterocycles. The van der Waals surface area contributed by atoms with Gasteiger partial charge in [-0.3, -0.25) is 9.98 Å². The molecule has 0 amide bonds. The maximum absolute atomic E-state index is 5.38. The smallest absolute Gasteiger partial charge is 0.161 e. The summed E-state index contributed by atoms with van der Waals surface area (Å²) in [7, 11) is 0. The van der Waals surface area contributed by atoms with Crippen LogP contribution in [0, 0.1) is 6.92 Å². The highest BCUT2D eigenvalue weighted by molar-refractivity contribution is 6.34. The van der Waals surface area contributed by atoms with Crippen LogP contribution >= 0.6 is 0 Å². The fourth-order valence-electron chi connectivity index (χ4n) is 6.88. The molecule has 0 aromatic heterocycles. The van der Waals surface area contributed by atoms with Gasteiger partial charge in [-0.15, -0.1) is 0 Å². The van der Waals surface area contributed by atoms with Crippen molar-refractivity contribution in [3.8, 4) is 0 Å². The molecule has 4 aromatic carbocycles. The fraction of sp³-hybridized carbons (Fsp3) is 0.174. The lowest BCUT2D eigenvalue weighted by atomic mass is 9.74. The van der Waals surface area contributed by atoms with E-state index in [4.69, 9.17) is 15.0 Å². The lowest BCUT2D eigenvalue weighted by Crippen LogP contribution is -2.23.